The fourth-order valence-electron chi connectivity index (χ4n) is 1.59. The highest BCUT2D eigenvalue weighted by atomic mass is 19.1. The van der Waals surface area contributed by atoms with E-state index in [9.17, 15) is 9.18 Å². The van der Waals surface area contributed by atoms with Crippen LogP contribution in [0.15, 0.2) is 22.7 Å². The molecule has 0 aliphatic rings. The molecule has 0 radical (unpaired) electrons. The van der Waals surface area contributed by atoms with Gasteiger partial charge >= 0.3 is 0 Å². The second-order valence-corrected chi connectivity index (χ2v) is 4.00. The van der Waals surface area contributed by atoms with Crippen molar-refractivity contribution in [3.63, 3.8) is 0 Å². The van der Waals surface area contributed by atoms with Gasteiger partial charge in [-0.3, -0.25) is 4.79 Å². The van der Waals surface area contributed by atoms with Gasteiger partial charge in [0.2, 0.25) is 5.89 Å². The Balaban J connectivity index is 2.20. The first-order valence-corrected chi connectivity index (χ1v) is 5.51. The molecular formula is C12H13FN4O2. The van der Waals surface area contributed by atoms with E-state index in [1.54, 1.807) is 13.1 Å². The van der Waals surface area contributed by atoms with E-state index in [0.717, 1.165) is 6.07 Å². The Bertz CT molecular complexity index is 624. The molecule has 0 aliphatic carbocycles. The molecule has 2 aromatic rings. The van der Waals surface area contributed by atoms with Crippen LogP contribution in [0.5, 0.6) is 0 Å². The molecule has 100 valence electrons. The number of carbonyl (C=O) groups excluding carboxylic acids is 1. The molecule has 1 amide bonds. The van der Waals surface area contributed by atoms with E-state index in [-0.39, 0.29) is 23.5 Å². The highest BCUT2D eigenvalue weighted by molar-refractivity contribution is 5.99. The molecule has 2 rings (SSSR count). The zero-order chi connectivity index (χ0) is 14.0. The summed E-state index contributed by atoms with van der Waals surface area (Å²) >= 11 is 0. The van der Waals surface area contributed by atoms with E-state index in [0.29, 0.717) is 11.7 Å². The number of rotatable bonds is 4. The fourth-order valence-corrected chi connectivity index (χ4v) is 1.59. The maximum Gasteiger partial charge on any atom is 0.250 e. The Morgan fingerprint density at radius 3 is 2.84 bits per heavy atom. The lowest BCUT2D eigenvalue weighted by Gasteiger charge is -2.09. The number of nitrogens with two attached hydrogens (primary N) is 2. The van der Waals surface area contributed by atoms with E-state index >= 15 is 0 Å². The number of amides is 1. The Hall–Kier alpha value is -2.57. The minimum Gasteiger partial charge on any atom is -0.444 e. The highest BCUT2D eigenvalue weighted by Crippen LogP contribution is 2.22. The summed E-state index contributed by atoms with van der Waals surface area (Å²) in [4.78, 5) is 15.1. The van der Waals surface area contributed by atoms with Crippen LogP contribution in [0.1, 0.15) is 22.0 Å². The predicted molar refractivity (Wildman–Crippen MR) is 67.9 cm³/mol. The predicted octanol–water partition coefficient (Wildman–Crippen LogP) is 1.42. The number of anilines is 2. The number of primary amides is 1. The Morgan fingerprint density at radius 2 is 2.26 bits per heavy atom. The quantitative estimate of drug-likeness (QED) is 0.724. The topological polar surface area (TPSA) is 107 Å². The van der Waals surface area contributed by atoms with E-state index in [1.165, 1.54) is 6.07 Å². The van der Waals surface area contributed by atoms with Crippen molar-refractivity contribution in [2.24, 2.45) is 5.73 Å². The van der Waals surface area contributed by atoms with E-state index in [1.807, 2.05) is 0 Å². The Kier molecular flexibility index (Phi) is 3.37. The van der Waals surface area contributed by atoms with Crippen molar-refractivity contribution < 1.29 is 13.6 Å². The van der Waals surface area contributed by atoms with Gasteiger partial charge in [-0.2, -0.15) is 0 Å². The number of nitrogens with one attached hydrogen (secondary N) is 1. The largest absolute Gasteiger partial charge is 0.444 e. The van der Waals surface area contributed by atoms with Crippen molar-refractivity contribution in [3.8, 4) is 0 Å². The summed E-state index contributed by atoms with van der Waals surface area (Å²) in [6, 6.07) is 2.31. The van der Waals surface area contributed by atoms with Gasteiger partial charge < -0.3 is 21.2 Å². The average molecular weight is 264 g/mol. The fraction of sp³-hybridized carbons (Fsp3) is 0.167. The smallest absolute Gasteiger partial charge is 0.250 e. The molecule has 0 unspecified atom stereocenters. The second kappa shape index (κ2) is 4.97. The van der Waals surface area contributed by atoms with Crippen LogP contribution in [0.3, 0.4) is 0 Å². The average Bonchev–Trinajstić information content (AvgIpc) is 2.73. The van der Waals surface area contributed by atoms with Crippen molar-refractivity contribution >= 4 is 17.3 Å². The molecule has 1 aromatic heterocycles. The Morgan fingerprint density at radius 1 is 1.53 bits per heavy atom. The summed E-state index contributed by atoms with van der Waals surface area (Å²) in [7, 11) is 0. The number of hydrogen-bond acceptors (Lipinski definition) is 5. The van der Waals surface area contributed by atoms with E-state index in [4.69, 9.17) is 15.9 Å². The molecule has 0 spiro atoms. The van der Waals surface area contributed by atoms with Crippen LogP contribution in [0.2, 0.25) is 0 Å². The third-order valence-corrected chi connectivity index (χ3v) is 2.50. The molecule has 0 saturated heterocycles. The second-order valence-electron chi connectivity index (χ2n) is 4.00. The van der Waals surface area contributed by atoms with Crippen molar-refractivity contribution in [2.75, 3.05) is 11.1 Å². The summed E-state index contributed by atoms with van der Waals surface area (Å²) < 4.78 is 18.9. The number of aryl methyl sites for hydroxylation is 1. The molecule has 0 fully saturated rings. The number of nitrogens with zero attached hydrogens (tertiary/aromatic N) is 1. The number of halogens is 1. The number of oxazole rings is 1. The van der Waals surface area contributed by atoms with Gasteiger partial charge in [0.1, 0.15) is 11.6 Å². The summed E-state index contributed by atoms with van der Waals surface area (Å²) in [6.45, 7) is 1.94. The summed E-state index contributed by atoms with van der Waals surface area (Å²) in [6.07, 6.45) is 1.56. The molecule has 19 heavy (non-hydrogen) atoms. The summed E-state index contributed by atoms with van der Waals surface area (Å²) in [5.41, 5.74) is 10.8. The minimum absolute atomic E-state index is 0.00233. The van der Waals surface area contributed by atoms with Gasteiger partial charge in [-0.1, -0.05) is 0 Å². The number of hydrogen-bond donors (Lipinski definition) is 3. The van der Waals surface area contributed by atoms with Gasteiger partial charge in [0.25, 0.3) is 5.91 Å². The monoisotopic (exact) mass is 264 g/mol. The molecule has 1 heterocycles. The molecule has 5 N–H and O–H groups in total. The van der Waals surface area contributed by atoms with Crippen LogP contribution in [0.25, 0.3) is 0 Å². The van der Waals surface area contributed by atoms with Gasteiger partial charge in [0.15, 0.2) is 0 Å². The normalized spacial score (nSPS) is 10.4. The zero-order valence-corrected chi connectivity index (χ0v) is 10.2. The standard InChI is InChI=1S/C12H13FN4O2/c1-6-4-17-11(19-6)5-16-10-2-7(12(15)18)9(14)3-8(10)13/h2-4,16H,5,14H2,1H3,(H2,15,18). The lowest BCUT2D eigenvalue weighted by Crippen LogP contribution is -2.15. The molecular weight excluding hydrogens is 251 g/mol. The van der Waals surface area contributed by atoms with Gasteiger partial charge in [0.05, 0.1) is 24.0 Å². The van der Waals surface area contributed by atoms with Crippen LogP contribution < -0.4 is 16.8 Å². The van der Waals surface area contributed by atoms with Gasteiger partial charge in [-0.05, 0) is 19.1 Å². The minimum atomic E-state index is -0.715. The lowest BCUT2D eigenvalue weighted by atomic mass is 10.1. The lowest BCUT2D eigenvalue weighted by molar-refractivity contribution is 0.100. The van der Waals surface area contributed by atoms with Crippen LogP contribution >= 0.6 is 0 Å². The number of aromatic nitrogens is 1. The van der Waals surface area contributed by atoms with Gasteiger partial charge in [-0.25, -0.2) is 9.37 Å². The first kappa shape index (κ1) is 12.9. The molecule has 1 aromatic carbocycles. The van der Waals surface area contributed by atoms with Crippen molar-refractivity contribution in [3.05, 3.63) is 41.4 Å². The molecule has 0 saturated carbocycles. The Labute approximate surface area is 108 Å². The number of carbonyl (C=O) groups is 1. The molecule has 0 atom stereocenters. The van der Waals surface area contributed by atoms with Crippen molar-refractivity contribution in [1.29, 1.82) is 0 Å². The maximum atomic E-state index is 13.7. The highest BCUT2D eigenvalue weighted by Gasteiger charge is 2.12. The van der Waals surface area contributed by atoms with Crippen LogP contribution in [-0.4, -0.2) is 10.9 Å². The van der Waals surface area contributed by atoms with Gasteiger partial charge in [0, 0.05) is 5.69 Å². The summed E-state index contributed by atoms with van der Waals surface area (Å²) in [5, 5.41) is 2.77. The van der Waals surface area contributed by atoms with Gasteiger partial charge in [-0.15, -0.1) is 0 Å². The summed E-state index contributed by atoms with van der Waals surface area (Å²) in [5.74, 6) is -0.222. The zero-order valence-electron chi connectivity index (χ0n) is 10.2. The van der Waals surface area contributed by atoms with E-state index in [2.05, 4.69) is 10.3 Å². The first-order valence-electron chi connectivity index (χ1n) is 5.51. The van der Waals surface area contributed by atoms with Crippen LogP contribution in [-0.2, 0) is 6.54 Å². The van der Waals surface area contributed by atoms with Crippen molar-refractivity contribution in [2.45, 2.75) is 13.5 Å². The third-order valence-electron chi connectivity index (χ3n) is 2.50. The number of nitrogen functional groups attached to an aromatic ring is 1. The number of benzene rings is 1. The van der Waals surface area contributed by atoms with Crippen LogP contribution in [0, 0.1) is 12.7 Å². The SMILES string of the molecule is Cc1cnc(CNc2cc(C(N)=O)c(N)cc2F)o1. The molecule has 6 nitrogen and oxygen atoms in total. The maximum absolute atomic E-state index is 13.7. The van der Waals surface area contributed by atoms with Crippen molar-refractivity contribution in [1.82, 2.24) is 4.98 Å². The van der Waals surface area contributed by atoms with E-state index < -0.39 is 11.7 Å². The molecule has 0 bridgehead atoms. The molecule has 7 heteroatoms. The van der Waals surface area contributed by atoms with Crippen LogP contribution in [0.4, 0.5) is 15.8 Å². The molecule has 0 aliphatic heterocycles. The first-order chi connectivity index (χ1) is 8.97. The third kappa shape index (κ3) is 2.82.